The number of hydrogen-bond donors (Lipinski definition) is 4. The van der Waals surface area contributed by atoms with Crippen molar-refractivity contribution in [1.29, 1.82) is 0 Å². The number of aromatic amines is 1. The molecule has 1 aliphatic carbocycles. The van der Waals surface area contributed by atoms with Crippen LogP contribution in [0.5, 0.6) is 5.75 Å². The predicted octanol–water partition coefficient (Wildman–Crippen LogP) is 3.28. The van der Waals surface area contributed by atoms with E-state index in [1.54, 1.807) is 46.2 Å². The Bertz CT molecular complexity index is 2450. The summed E-state index contributed by atoms with van der Waals surface area (Å²) in [6.07, 6.45) is 7.31. The molecule has 3 aromatic heterocycles. The molecule has 17 heteroatoms. The number of anilines is 3. The van der Waals surface area contributed by atoms with Gasteiger partial charge in [-0.25, -0.2) is 17.7 Å². The minimum Gasteiger partial charge on any atom is -0.489 e. The first kappa shape index (κ1) is 34.0. The highest BCUT2D eigenvalue weighted by atomic mass is 32.2. The number of amides is 3. The van der Waals surface area contributed by atoms with E-state index in [1.165, 1.54) is 0 Å². The Morgan fingerprint density at radius 3 is 2.63 bits per heavy atom. The molecule has 3 aliphatic heterocycles. The molecule has 0 radical (unpaired) electrons. The molecule has 1 saturated carbocycles. The maximum Gasteiger partial charge on any atom is 0.255 e. The number of sulfonamides is 1. The summed E-state index contributed by atoms with van der Waals surface area (Å²) in [5.74, 6) is -0.00154. The van der Waals surface area contributed by atoms with Gasteiger partial charge in [0.1, 0.15) is 6.04 Å². The summed E-state index contributed by atoms with van der Waals surface area (Å²) in [4.78, 5) is 45.7. The third kappa shape index (κ3) is 5.83. The molecule has 9 rings (SSSR count). The number of nitrogens with one attached hydrogen (secondary N) is 4. The first-order valence-electron chi connectivity index (χ1n) is 17.9. The fourth-order valence-electron chi connectivity index (χ4n) is 8.27. The summed E-state index contributed by atoms with van der Waals surface area (Å²) >= 11 is 0. The van der Waals surface area contributed by atoms with E-state index in [-0.39, 0.29) is 34.6 Å². The molecule has 1 unspecified atom stereocenters. The number of piperidine rings is 1. The number of carbonyl (C=O) groups excluding carboxylic acids is 3. The maximum atomic E-state index is 13.5. The molecule has 5 aromatic rings. The van der Waals surface area contributed by atoms with Gasteiger partial charge in [-0.15, -0.1) is 5.10 Å². The molecule has 2 aromatic carbocycles. The zero-order valence-electron chi connectivity index (χ0n) is 29.6. The molecule has 4 aliphatic rings. The fourth-order valence-corrected chi connectivity index (χ4v) is 9.59. The van der Waals surface area contributed by atoms with Crippen LogP contribution in [-0.4, -0.2) is 87.6 Å². The number of benzene rings is 2. The van der Waals surface area contributed by atoms with Crippen LogP contribution in [-0.2, 0) is 26.2 Å². The standard InChI is InChI=1S/C37H38N10O6S/c1-3-53-32-27(23-16-38-39-17-23)10-11-47-33(32)42-36(43-47)40-29-7-5-26(12-21(29)2)54(51,52)44-24-14-37(15-24)19-45(20-37)25-4-6-28-22(13-25)18-46(35(28)50)30-8-9-31(48)41-34(30)49/h4-7,10-13,16-17,24,30,44H,3,8-9,14-15,18-20H2,1-2H3,(H,38,39)(H,40,43)(H,41,48,49). The van der Waals surface area contributed by atoms with Gasteiger partial charge in [0, 0.05) is 78.0 Å². The molecular weight excluding hydrogens is 713 g/mol. The molecule has 16 nitrogen and oxygen atoms in total. The zero-order chi connectivity index (χ0) is 37.4. The predicted molar refractivity (Wildman–Crippen MR) is 197 cm³/mol. The molecule has 1 spiro atoms. The van der Waals surface area contributed by atoms with E-state index >= 15 is 0 Å². The molecule has 278 valence electrons. The molecule has 3 fully saturated rings. The van der Waals surface area contributed by atoms with Gasteiger partial charge in [0.25, 0.3) is 5.91 Å². The van der Waals surface area contributed by atoms with E-state index in [1.807, 2.05) is 38.1 Å². The van der Waals surface area contributed by atoms with Crippen molar-refractivity contribution in [3.63, 3.8) is 0 Å². The Morgan fingerprint density at radius 2 is 1.89 bits per heavy atom. The number of aryl methyl sites for hydroxylation is 1. The van der Waals surface area contributed by atoms with Crippen molar-refractivity contribution in [1.82, 2.24) is 39.7 Å². The van der Waals surface area contributed by atoms with Crippen LogP contribution in [0.1, 0.15) is 54.1 Å². The van der Waals surface area contributed by atoms with Crippen LogP contribution in [0, 0.1) is 12.3 Å². The average Bonchev–Trinajstić information content (AvgIpc) is 3.86. The third-order valence-corrected chi connectivity index (χ3v) is 12.4. The highest BCUT2D eigenvalue weighted by Gasteiger charge is 2.53. The first-order chi connectivity index (χ1) is 26.0. The van der Waals surface area contributed by atoms with Crippen molar-refractivity contribution >= 4 is 50.7 Å². The Kier molecular flexibility index (Phi) is 7.97. The Hall–Kier alpha value is -5.81. The summed E-state index contributed by atoms with van der Waals surface area (Å²) in [6, 6.07) is 11.8. The number of hydrogen-bond acceptors (Lipinski definition) is 11. The summed E-state index contributed by atoms with van der Waals surface area (Å²) in [5, 5.41) is 17.0. The quantitative estimate of drug-likeness (QED) is 0.153. The first-order valence-corrected chi connectivity index (χ1v) is 19.4. The van der Waals surface area contributed by atoms with Gasteiger partial charge in [0.15, 0.2) is 11.4 Å². The number of pyridine rings is 1. The van der Waals surface area contributed by atoms with Gasteiger partial charge in [0.05, 0.1) is 17.7 Å². The lowest BCUT2D eigenvalue weighted by molar-refractivity contribution is -0.136. The molecule has 0 bridgehead atoms. The van der Waals surface area contributed by atoms with Crippen LogP contribution >= 0.6 is 0 Å². The van der Waals surface area contributed by atoms with Crippen molar-refractivity contribution in [2.24, 2.45) is 5.41 Å². The summed E-state index contributed by atoms with van der Waals surface area (Å²) < 4.78 is 37.4. The minimum absolute atomic E-state index is 0.0346. The van der Waals surface area contributed by atoms with Crippen LogP contribution in [0.3, 0.4) is 0 Å². The molecular formula is C37H38N10O6S. The summed E-state index contributed by atoms with van der Waals surface area (Å²) in [6.45, 7) is 6.10. The fraction of sp³-hybridized carbons (Fsp3) is 0.351. The monoisotopic (exact) mass is 750 g/mol. The second-order valence-electron chi connectivity index (χ2n) is 14.6. The van der Waals surface area contributed by atoms with Gasteiger partial charge in [-0.3, -0.25) is 24.8 Å². The van der Waals surface area contributed by atoms with E-state index < -0.39 is 22.0 Å². The number of nitrogens with zero attached hydrogens (tertiary/aromatic N) is 6. The number of aromatic nitrogens is 5. The Labute approximate surface area is 310 Å². The van der Waals surface area contributed by atoms with Crippen LogP contribution in [0.2, 0.25) is 0 Å². The second-order valence-corrected chi connectivity index (χ2v) is 16.3. The Balaban J connectivity index is 0.811. The average molecular weight is 751 g/mol. The lowest BCUT2D eigenvalue weighted by Crippen LogP contribution is -2.66. The van der Waals surface area contributed by atoms with Gasteiger partial charge >= 0.3 is 0 Å². The normalized spacial score (nSPS) is 19.5. The van der Waals surface area contributed by atoms with E-state index in [2.05, 4.69) is 40.5 Å². The van der Waals surface area contributed by atoms with Crippen LogP contribution < -0.4 is 25.0 Å². The van der Waals surface area contributed by atoms with Crippen molar-refractivity contribution in [2.45, 2.75) is 63.1 Å². The van der Waals surface area contributed by atoms with E-state index in [9.17, 15) is 22.8 Å². The molecule has 3 amide bonds. The lowest BCUT2D eigenvalue weighted by Gasteiger charge is -2.60. The minimum atomic E-state index is -3.76. The largest absolute Gasteiger partial charge is 0.489 e. The van der Waals surface area contributed by atoms with Crippen LogP contribution in [0.25, 0.3) is 16.8 Å². The van der Waals surface area contributed by atoms with Gasteiger partial charge in [-0.1, -0.05) is 0 Å². The van der Waals surface area contributed by atoms with Gasteiger partial charge < -0.3 is 19.9 Å². The molecule has 54 heavy (non-hydrogen) atoms. The lowest BCUT2D eigenvalue weighted by atomic mass is 9.61. The van der Waals surface area contributed by atoms with Crippen molar-refractivity contribution in [2.75, 3.05) is 29.9 Å². The van der Waals surface area contributed by atoms with Crippen molar-refractivity contribution < 1.29 is 27.5 Å². The highest BCUT2D eigenvalue weighted by molar-refractivity contribution is 7.89. The Morgan fingerprint density at radius 1 is 1.06 bits per heavy atom. The van der Waals surface area contributed by atoms with Crippen LogP contribution in [0.4, 0.5) is 17.3 Å². The van der Waals surface area contributed by atoms with Gasteiger partial charge in [-0.05, 0) is 86.7 Å². The number of rotatable bonds is 10. The van der Waals surface area contributed by atoms with Crippen molar-refractivity contribution in [3.05, 3.63) is 77.7 Å². The maximum absolute atomic E-state index is 13.5. The third-order valence-electron chi connectivity index (χ3n) is 10.9. The van der Waals surface area contributed by atoms with E-state index in [0.717, 1.165) is 53.9 Å². The molecule has 2 saturated heterocycles. The molecule has 1 atom stereocenters. The summed E-state index contributed by atoms with van der Waals surface area (Å²) in [7, 11) is -3.76. The second kappa shape index (κ2) is 12.7. The molecule has 4 N–H and O–H groups in total. The topological polar surface area (TPSA) is 196 Å². The van der Waals surface area contributed by atoms with E-state index in [0.29, 0.717) is 48.2 Å². The number of H-pyrrole nitrogens is 1. The molecule has 6 heterocycles. The number of fused-ring (bicyclic) bond motifs is 2. The number of carbonyl (C=O) groups is 3. The summed E-state index contributed by atoms with van der Waals surface area (Å²) in [5.41, 5.74) is 6.11. The highest BCUT2D eigenvalue weighted by Crippen LogP contribution is 2.50. The number of ether oxygens (including phenoxy) is 1. The van der Waals surface area contributed by atoms with Gasteiger partial charge in [-0.2, -0.15) is 10.1 Å². The zero-order valence-corrected chi connectivity index (χ0v) is 30.4. The van der Waals surface area contributed by atoms with Gasteiger partial charge in [0.2, 0.25) is 27.8 Å². The van der Waals surface area contributed by atoms with Crippen molar-refractivity contribution in [3.8, 4) is 16.9 Å². The van der Waals surface area contributed by atoms with E-state index in [4.69, 9.17) is 4.74 Å². The number of imide groups is 1. The van der Waals surface area contributed by atoms with Crippen LogP contribution in [0.15, 0.2) is 66.0 Å². The SMILES string of the molecule is CCOc1c(-c2cn[nH]c2)ccn2nc(Nc3ccc(S(=O)(=O)NC4CC5(C4)CN(c4ccc6c(c4)CN(C4CCC(=O)NC4=O)C6=O)C5)cc3C)nc12. The smallest absolute Gasteiger partial charge is 0.255 e.